The molecule has 0 aromatic heterocycles. The van der Waals surface area contributed by atoms with Crippen molar-refractivity contribution in [2.45, 2.75) is 4.90 Å². The second kappa shape index (κ2) is 9.49. The Bertz CT molecular complexity index is 313. The molecule has 0 amide bonds. The third kappa shape index (κ3) is 8.12. The van der Waals surface area contributed by atoms with Crippen molar-refractivity contribution in [3.8, 4) is 0 Å². The van der Waals surface area contributed by atoms with Gasteiger partial charge in [-0.3, -0.25) is 0 Å². The molecule has 2 aromatic rings. The van der Waals surface area contributed by atoms with Crippen molar-refractivity contribution in [3.05, 3.63) is 65.1 Å². The van der Waals surface area contributed by atoms with Gasteiger partial charge in [-0.15, -0.1) is 28.6 Å². The van der Waals surface area contributed by atoms with Gasteiger partial charge in [0.05, 0.1) is 0 Å². The summed E-state index contributed by atoms with van der Waals surface area (Å²) < 4.78 is 1.08. The molecule has 0 aliphatic heterocycles. The Labute approximate surface area is 127 Å². The van der Waals surface area contributed by atoms with E-state index in [-0.39, 0.29) is 29.6 Å². The van der Waals surface area contributed by atoms with Crippen LogP contribution in [0, 0.1) is 6.07 Å². The third-order valence-electron chi connectivity index (χ3n) is 1.43. The van der Waals surface area contributed by atoms with E-state index in [2.05, 4.69) is 34.6 Å². The summed E-state index contributed by atoms with van der Waals surface area (Å²) in [5.74, 6) is 0. The molecule has 0 aliphatic carbocycles. The van der Waals surface area contributed by atoms with Crippen molar-refractivity contribution in [3.63, 3.8) is 0 Å². The Morgan fingerprint density at radius 1 is 1.00 bits per heavy atom. The van der Waals surface area contributed by atoms with Gasteiger partial charge in [0.2, 0.25) is 0 Å². The molecule has 0 saturated heterocycles. The summed E-state index contributed by atoms with van der Waals surface area (Å²) in [5.41, 5.74) is 0. The quantitative estimate of drug-likeness (QED) is 0.421. The molecule has 3 heteroatoms. The third-order valence-corrected chi connectivity index (χ3v) is 2.22. The fourth-order valence-corrected chi connectivity index (χ4v) is 1.26. The van der Waals surface area contributed by atoms with Crippen LogP contribution >= 0.6 is 28.6 Å². The molecule has 15 heavy (non-hydrogen) atoms. The van der Waals surface area contributed by atoms with E-state index in [4.69, 9.17) is 0 Å². The molecule has 0 aliphatic rings. The molecule has 0 heterocycles. The molecule has 0 nitrogen and oxygen atoms in total. The SMILES string of the molecule is Brc1c[c-]ccc1.Sc1ccccc1.[Na+]. The zero-order valence-electron chi connectivity index (χ0n) is 8.52. The molecule has 0 saturated carbocycles. The van der Waals surface area contributed by atoms with Crippen LogP contribution in [0.25, 0.3) is 0 Å². The van der Waals surface area contributed by atoms with Gasteiger partial charge in [-0.05, 0) is 12.1 Å². The van der Waals surface area contributed by atoms with Gasteiger partial charge in [0.25, 0.3) is 0 Å². The van der Waals surface area contributed by atoms with E-state index >= 15 is 0 Å². The summed E-state index contributed by atoms with van der Waals surface area (Å²) in [6, 6.07) is 20.3. The predicted octanol–water partition coefficient (Wildman–Crippen LogP) is 1.23. The second-order valence-corrected chi connectivity index (χ2v) is 3.99. The molecule has 0 radical (unpaired) electrons. The monoisotopic (exact) mass is 288 g/mol. The predicted molar refractivity (Wildman–Crippen MR) is 66.7 cm³/mol. The van der Waals surface area contributed by atoms with Crippen LogP contribution in [0.15, 0.2) is 64.0 Å². The zero-order chi connectivity index (χ0) is 10.2. The molecule has 0 fully saturated rings. The Hall–Kier alpha value is 0.270. The van der Waals surface area contributed by atoms with E-state index in [1.165, 1.54) is 0 Å². The maximum absolute atomic E-state index is 4.08. The number of rotatable bonds is 0. The van der Waals surface area contributed by atoms with Gasteiger partial charge in [0.1, 0.15) is 0 Å². The van der Waals surface area contributed by atoms with Crippen molar-refractivity contribution in [2.75, 3.05) is 0 Å². The Morgan fingerprint density at radius 3 is 1.93 bits per heavy atom. The molecule has 2 rings (SSSR count). The Balaban J connectivity index is 0.000000245. The number of hydrogen-bond acceptors (Lipinski definition) is 1. The van der Waals surface area contributed by atoms with Crippen molar-refractivity contribution in [1.82, 2.24) is 0 Å². The Morgan fingerprint density at radius 2 is 1.67 bits per heavy atom. The minimum Gasteiger partial charge on any atom is -0.183 e. The zero-order valence-corrected chi connectivity index (χ0v) is 13.0. The van der Waals surface area contributed by atoms with Crippen LogP contribution < -0.4 is 29.6 Å². The van der Waals surface area contributed by atoms with Crippen LogP contribution in [0.3, 0.4) is 0 Å². The van der Waals surface area contributed by atoms with Crippen LogP contribution in [0.4, 0.5) is 0 Å². The van der Waals surface area contributed by atoms with Crippen LogP contribution in [-0.2, 0) is 0 Å². The Kier molecular flexibility index (Phi) is 9.66. The molecule has 72 valence electrons. The summed E-state index contributed by atoms with van der Waals surface area (Å²) >= 11 is 7.36. The molecule has 0 atom stereocenters. The van der Waals surface area contributed by atoms with Crippen LogP contribution in [-0.4, -0.2) is 0 Å². The fourth-order valence-electron chi connectivity index (χ4n) is 0.799. The van der Waals surface area contributed by atoms with Gasteiger partial charge in [-0.1, -0.05) is 22.7 Å². The van der Waals surface area contributed by atoms with Crippen LogP contribution in [0.2, 0.25) is 0 Å². The molecule has 0 unspecified atom stereocenters. The smallest absolute Gasteiger partial charge is 0.183 e. The van der Waals surface area contributed by atoms with Gasteiger partial charge in [-0.25, -0.2) is 0 Å². The standard InChI is InChI=1S/C6H4Br.C6H6S.Na/c2*7-6-4-2-1-3-5-6;/h1-2,4-5H;1-5,7H;/q-1;;+1. The van der Waals surface area contributed by atoms with Gasteiger partial charge < -0.3 is 0 Å². The summed E-state index contributed by atoms with van der Waals surface area (Å²) in [6.07, 6.45) is 0. The topological polar surface area (TPSA) is 0 Å². The maximum atomic E-state index is 4.08. The maximum Gasteiger partial charge on any atom is 1.00 e. The van der Waals surface area contributed by atoms with E-state index in [0.717, 1.165) is 9.37 Å². The minimum atomic E-state index is 0. The molecule has 2 aromatic carbocycles. The molecule has 0 spiro atoms. The number of thiol groups is 1. The summed E-state index contributed by atoms with van der Waals surface area (Å²) in [7, 11) is 0. The summed E-state index contributed by atoms with van der Waals surface area (Å²) in [5, 5.41) is 0. The molecular weight excluding hydrogens is 279 g/mol. The first-order valence-corrected chi connectivity index (χ1v) is 5.38. The van der Waals surface area contributed by atoms with Gasteiger partial charge >= 0.3 is 29.6 Å². The molecule has 0 bridgehead atoms. The van der Waals surface area contributed by atoms with Gasteiger partial charge in [-0.2, -0.15) is 30.3 Å². The van der Waals surface area contributed by atoms with Crippen LogP contribution in [0.5, 0.6) is 0 Å². The number of hydrogen-bond donors (Lipinski definition) is 1. The second-order valence-electron chi connectivity index (χ2n) is 2.56. The van der Waals surface area contributed by atoms with E-state index in [1.807, 2.05) is 54.6 Å². The average molecular weight is 289 g/mol. The molecule has 0 N–H and O–H groups in total. The largest absolute Gasteiger partial charge is 1.00 e. The van der Waals surface area contributed by atoms with E-state index < -0.39 is 0 Å². The van der Waals surface area contributed by atoms with E-state index in [0.29, 0.717) is 0 Å². The minimum absolute atomic E-state index is 0. The number of halogens is 1. The summed E-state index contributed by atoms with van der Waals surface area (Å²) in [4.78, 5) is 1.02. The van der Waals surface area contributed by atoms with Crippen molar-refractivity contribution >= 4 is 28.6 Å². The first-order chi connectivity index (χ1) is 6.79. The fraction of sp³-hybridized carbons (Fsp3) is 0. The van der Waals surface area contributed by atoms with Gasteiger partial charge in [0, 0.05) is 4.90 Å². The van der Waals surface area contributed by atoms with Crippen LogP contribution in [0.1, 0.15) is 0 Å². The van der Waals surface area contributed by atoms with E-state index in [9.17, 15) is 0 Å². The average Bonchev–Trinajstić information content (AvgIpc) is 2.21. The van der Waals surface area contributed by atoms with Crippen molar-refractivity contribution < 1.29 is 29.6 Å². The normalized spacial score (nSPS) is 8.13. The first kappa shape index (κ1) is 15.3. The van der Waals surface area contributed by atoms with E-state index in [1.54, 1.807) is 0 Å². The summed E-state index contributed by atoms with van der Waals surface area (Å²) in [6.45, 7) is 0. The van der Waals surface area contributed by atoms with Crippen molar-refractivity contribution in [1.29, 1.82) is 0 Å². The van der Waals surface area contributed by atoms with Gasteiger partial charge in [0.15, 0.2) is 0 Å². The van der Waals surface area contributed by atoms with Crippen molar-refractivity contribution in [2.24, 2.45) is 0 Å². The first-order valence-electron chi connectivity index (χ1n) is 4.14. The molecular formula is C12H10BrNaS. The number of benzene rings is 2.